The summed E-state index contributed by atoms with van der Waals surface area (Å²) in [6, 6.07) is 0. The highest BCUT2D eigenvalue weighted by atomic mass is 16.3. The molecule has 1 aliphatic rings. The molecule has 0 aliphatic heterocycles. The van der Waals surface area contributed by atoms with E-state index in [4.69, 9.17) is 5.11 Å². The van der Waals surface area contributed by atoms with Crippen LogP contribution in [0.1, 0.15) is 39.5 Å². The fourth-order valence-electron chi connectivity index (χ4n) is 2.18. The molecule has 10 heavy (non-hydrogen) atoms. The second kappa shape index (κ2) is 2.91. The van der Waals surface area contributed by atoms with E-state index in [9.17, 15) is 0 Å². The topological polar surface area (TPSA) is 20.2 Å². The van der Waals surface area contributed by atoms with Gasteiger partial charge in [0.25, 0.3) is 0 Å². The highest BCUT2D eigenvalue weighted by molar-refractivity contribution is 4.93. The Morgan fingerprint density at radius 1 is 1.50 bits per heavy atom. The Labute approximate surface area is 63.4 Å². The van der Waals surface area contributed by atoms with Crippen molar-refractivity contribution in [2.45, 2.75) is 39.5 Å². The van der Waals surface area contributed by atoms with Crippen LogP contribution in [0.4, 0.5) is 0 Å². The minimum absolute atomic E-state index is 0.328. The highest BCUT2D eigenvalue weighted by Crippen LogP contribution is 2.50. The maximum absolute atomic E-state index is 9.14. The lowest BCUT2D eigenvalue weighted by Gasteiger charge is -2.48. The molecule has 0 aromatic rings. The molecule has 0 radical (unpaired) electrons. The van der Waals surface area contributed by atoms with Crippen molar-refractivity contribution >= 4 is 0 Å². The number of aliphatic hydroxyl groups excluding tert-OH is 1. The van der Waals surface area contributed by atoms with Gasteiger partial charge in [0.1, 0.15) is 0 Å². The minimum atomic E-state index is 0.328. The van der Waals surface area contributed by atoms with E-state index < -0.39 is 0 Å². The summed E-state index contributed by atoms with van der Waals surface area (Å²) in [6.45, 7) is 4.82. The number of hydrogen-bond acceptors (Lipinski definition) is 1. The van der Waals surface area contributed by atoms with Crippen LogP contribution in [0.5, 0.6) is 0 Å². The number of aliphatic hydroxyl groups is 1. The Morgan fingerprint density at radius 2 is 2.20 bits per heavy atom. The lowest BCUT2D eigenvalue weighted by Crippen LogP contribution is -2.42. The van der Waals surface area contributed by atoms with Gasteiger partial charge in [-0.05, 0) is 30.6 Å². The Morgan fingerprint density at radius 3 is 2.30 bits per heavy atom. The van der Waals surface area contributed by atoms with Gasteiger partial charge in [0.15, 0.2) is 0 Å². The minimum Gasteiger partial charge on any atom is -0.396 e. The van der Waals surface area contributed by atoms with Gasteiger partial charge >= 0.3 is 0 Å². The highest BCUT2D eigenvalue weighted by Gasteiger charge is 2.43. The zero-order chi connectivity index (χ0) is 7.61. The number of rotatable bonds is 3. The first kappa shape index (κ1) is 8.06. The summed E-state index contributed by atoms with van der Waals surface area (Å²) in [7, 11) is 0. The second-order valence-corrected chi connectivity index (χ2v) is 3.52. The van der Waals surface area contributed by atoms with Crippen LogP contribution in [0.25, 0.3) is 0 Å². The van der Waals surface area contributed by atoms with E-state index in [1.165, 1.54) is 19.3 Å². The zero-order valence-corrected chi connectivity index (χ0v) is 7.06. The van der Waals surface area contributed by atoms with Gasteiger partial charge in [0.05, 0.1) is 0 Å². The fraction of sp³-hybridized carbons (Fsp3) is 1.00. The van der Waals surface area contributed by atoms with Crippen LogP contribution in [0.2, 0.25) is 0 Å². The van der Waals surface area contributed by atoms with Gasteiger partial charge < -0.3 is 5.11 Å². The van der Waals surface area contributed by atoms with Crippen LogP contribution in [0.3, 0.4) is 0 Å². The van der Waals surface area contributed by atoms with Crippen LogP contribution >= 0.6 is 0 Å². The molecule has 1 rings (SSSR count). The molecule has 1 aliphatic carbocycles. The van der Waals surface area contributed by atoms with Crippen molar-refractivity contribution in [1.29, 1.82) is 0 Å². The third kappa shape index (κ3) is 0.968. The normalized spacial score (nSPS) is 39.3. The Hall–Kier alpha value is -0.0400. The van der Waals surface area contributed by atoms with Crippen LogP contribution in [0, 0.1) is 11.3 Å². The first-order valence-corrected chi connectivity index (χ1v) is 4.40. The predicted molar refractivity (Wildman–Crippen MR) is 42.8 cm³/mol. The molecule has 0 spiro atoms. The third-order valence-corrected chi connectivity index (χ3v) is 3.37. The van der Waals surface area contributed by atoms with Gasteiger partial charge in [-0.25, -0.2) is 0 Å². The maximum atomic E-state index is 9.14. The van der Waals surface area contributed by atoms with E-state index in [1.54, 1.807) is 0 Å². The molecule has 0 aromatic heterocycles. The first-order chi connectivity index (χ1) is 4.79. The average molecular weight is 142 g/mol. The molecule has 0 amide bonds. The summed E-state index contributed by atoms with van der Waals surface area (Å²) < 4.78 is 0. The fourth-order valence-corrected chi connectivity index (χ4v) is 2.18. The summed E-state index contributed by atoms with van der Waals surface area (Å²) >= 11 is 0. The van der Waals surface area contributed by atoms with Gasteiger partial charge in [-0.2, -0.15) is 0 Å². The molecule has 1 fully saturated rings. The Balaban J connectivity index is 2.48. The molecule has 1 saturated carbocycles. The molecule has 0 bridgehead atoms. The molecule has 2 unspecified atom stereocenters. The summed E-state index contributed by atoms with van der Waals surface area (Å²) in [6.07, 6.45) is 4.99. The summed E-state index contributed by atoms with van der Waals surface area (Å²) in [5.74, 6) is 0.808. The molecule has 0 saturated heterocycles. The van der Waals surface area contributed by atoms with Crippen molar-refractivity contribution in [3.63, 3.8) is 0 Å². The molecule has 1 heteroatoms. The molecule has 2 atom stereocenters. The smallest absolute Gasteiger partial charge is 0.0489 e. The van der Waals surface area contributed by atoms with E-state index in [-0.39, 0.29) is 0 Å². The van der Waals surface area contributed by atoms with Gasteiger partial charge in [-0.15, -0.1) is 0 Å². The molecule has 0 aromatic carbocycles. The van der Waals surface area contributed by atoms with Crippen LogP contribution < -0.4 is 0 Å². The summed E-state index contributed by atoms with van der Waals surface area (Å²) in [5, 5.41) is 9.14. The van der Waals surface area contributed by atoms with Crippen LogP contribution in [-0.2, 0) is 0 Å². The Bertz CT molecular complexity index is 97.8. The summed E-state index contributed by atoms with van der Waals surface area (Å²) in [4.78, 5) is 0. The lowest BCUT2D eigenvalue weighted by molar-refractivity contribution is -0.0319. The van der Waals surface area contributed by atoms with Crippen molar-refractivity contribution in [3.05, 3.63) is 0 Å². The van der Waals surface area contributed by atoms with E-state index in [0.717, 1.165) is 12.3 Å². The maximum Gasteiger partial charge on any atom is 0.0489 e. The average Bonchev–Trinajstić information content (AvgIpc) is 1.90. The van der Waals surface area contributed by atoms with Crippen LogP contribution in [0.15, 0.2) is 0 Å². The lowest BCUT2D eigenvalue weighted by atomic mass is 9.58. The van der Waals surface area contributed by atoms with E-state index in [1.807, 2.05) is 0 Å². The monoisotopic (exact) mass is 142 g/mol. The molecule has 1 N–H and O–H groups in total. The van der Waals surface area contributed by atoms with Crippen molar-refractivity contribution < 1.29 is 5.11 Å². The second-order valence-electron chi connectivity index (χ2n) is 3.52. The SMILES string of the molecule is CCC1CCC1(CC)CO. The Kier molecular flexibility index (Phi) is 2.35. The quantitative estimate of drug-likeness (QED) is 0.640. The van der Waals surface area contributed by atoms with Crippen molar-refractivity contribution in [3.8, 4) is 0 Å². The largest absolute Gasteiger partial charge is 0.396 e. The van der Waals surface area contributed by atoms with Crippen molar-refractivity contribution in [1.82, 2.24) is 0 Å². The standard InChI is InChI=1S/C9H18O/c1-3-8-5-6-9(8,4-2)7-10/h8,10H,3-7H2,1-2H3. The molecule has 0 heterocycles. The molecular weight excluding hydrogens is 124 g/mol. The summed E-state index contributed by atoms with van der Waals surface area (Å²) in [5.41, 5.74) is 0.328. The van der Waals surface area contributed by atoms with Crippen molar-refractivity contribution in [2.75, 3.05) is 6.61 Å². The van der Waals surface area contributed by atoms with Crippen LogP contribution in [-0.4, -0.2) is 11.7 Å². The van der Waals surface area contributed by atoms with Gasteiger partial charge in [0.2, 0.25) is 0 Å². The number of hydrogen-bond donors (Lipinski definition) is 1. The zero-order valence-electron chi connectivity index (χ0n) is 7.06. The molecular formula is C9H18O. The van der Waals surface area contributed by atoms with Gasteiger partial charge in [0, 0.05) is 6.61 Å². The molecule has 1 nitrogen and oxygen atoms in total. The first-order valence-electron chi connectivity index (χ1n) is 4.40. The van der Waals surface area contributed by atoms with Crippen molar-refractivity contribution in [2.24, 2.45) is 11.3 Å². The van der Waals surface area contributed by atoms with E-state index in [0.29, 0.717) is 12.0 Å². The third-order valence-electron chi connectivity index (χ3n) is 3.37. The van der Waals surface area contributed by atoms with Gasteiger partial charge in [-0.1, -0.05) is 20.3 Å². The predicted octanol–water partition coefficient (Wildman–Crippen LogP) is 2.20. The van der Waals surface area contributed by atoms with Gasteiger partial charge in [-0.3, -0.25) is 0 Å². The van der Waals surface area contributed by atoms with E-state index in [2.05, 4.69) is 13.8 Å². The molecule has 60 valence electrons. The van der Waals surface area contributed by atoms with E-state index >= 15 is 0 Å².